The standard InChI is InChI=1S/C31H37N3O5S/c1-23-12-7-8-13-25(23)21-33(24(2)31(36)32-26-14-9-10-15-26)30(35)22-34(27-16-11-17-28(20-27)39-3)40(37,38)29-18-5-4-6-19-29/h4-8,11-13,16-20,24,26H,9-10,14-15,21-22H2,1-3H3,(H,32,36). The summed E-state index contributed by atoms with van der Waals surface area (Å²) in [6, 6.07) is 21.5. The van der Waals surface area contributed by atoms with Crippen molar-refractivity contribution in [3.8, 4) is 5.75 Å². The Hall–Kier alpha value is -3.85. The first-order valence-electron chi connectivity index (χ1n) is 13.6. The monoisotopic (exact) mass is 563 g/mol. The van der Waals surface area contributed by atoms with E-state index < -0.39 is 28.5 Å². The van der Waals surface area contributed by atoms with Gasteiger partial charge >= 0.3 is 0 Å². The minimum absolute atomic E-state index is 0.0584. The van der Waals surface area contributed by atoms with Gasteiger partial charge in [0.25, 0.3) is 10.0 Å². The van der Waals surface area contributed by atoms with Crippen molar-refractivity contribution in [1.82, 2.24) is 10.2 Å². The molecule has 4 rings (SSSR count). The Labute approximate surface area is 237 Å². The first-order valence-corrected chi connectivity index (χ1v) is 15.0. The Morgan fingerprint density at radius 3 is 2.33 bits per heavy atom. The Bertz CT molecular complexity index is 1420. The molecule has 1 aliphatic rings. The second kappa shape index (κ2) is 13.0. The molecule has 9 heteroatoms. The second-order valence-corrected chi connectivity index (χ2v) is 12.0. The van der Waals surface area contributed by atoms with Gasteiger partial charge in [-0.25, -0.2) is 8.42 Å². The van der Waals surface area contributed by atoms with Crippen LogP contribution >= 0.6 is 0 Å². The molecule has 0 heterocycles. The highest BCUT2D eigenvalue weighted by molar-refractivity contribution is 7.92. The molecule has 1 atom stereocenters. The molecular weight excluding hydrogens is 526 g/mol. The fourth-order valence-corrected chi connectivity index (χ4v) is 6.39. The number of carbonyl (C=O) groups excluding carboxylic acids is 2. The minimum atomic E-state index is -4.12. The molecule has 2 amide bonds. The van der Waals surface area contributed by atoms with Crippen LogP contribution in [0.3, 0.4) is 0 Å². The van der Waals surface area contributed by atoms with E-state index in [0.29, 0.717) is 5.75 Å². The molecule has 3 aromatic rings. The Morgan fingerprint density at radius 1 is 0.975 bits per heavy atom. The maximum atomic E-state index is 14.1. The van der Waals surface area contributed by atoms with E-state index in [1.54, 1.807) is 49.4 Å². The molecule has 1 aliphatic carbocycles. The minimum Gasteiger partial charge on any atom is -0.497 e. The Morgan fingerprint density at radius 2 is 1.65 bits per heavy atom. The molecule has 0 aromatic heterocycles. The van der Waals surface area contributed by atoms with Gasteiger partial charge in [-0.15, -0.1) is 0 Å². The van der Waals surface area contributed by atoms with E-state index in [-0.39, 0.29) is 29.1 Å². The number of carbonyl (C=O) groups is 2. The second-order valence-electron chi connectivity index (χ2n) is 10.1. The third kappa shape index (κ3) is 6.83. The molecule has 212 valence electrons. The van der Waals surface area contributed by atoms with Crippen molar-refractivity contribution in [3.05, 3.63) is 90.0 Å². The zero-order chi connectivity index (χ0) is 28.7. The first-order chi connectivity index (χ1) is 19.2. The molecule has 1 fully saturated rings. The molecule has 1 N–H and O–H groups in total. The van der Waals surface area contributed by atoms with Gasteiger partial charge < -0.3 is 15.0 Å². The lowest BCUT2D eigenvalue weighted by atomic mass is 10.1. The highest BCUT2D eigenvalue weighted by Gasteiger charge is 2.33. The number of hydrogen-bond acceptors (Lipinski definition) is 5. The predicted octanol–water partition coefficient (Wildman–Crippen LogP) is 4.68. The molecule has 1 saturated carbocycles. The zero-order valence-corrected chi connectivity index (χ0v) is 24.1. The van der Waals surface area contributed by atoms with Crippen molar-refractivity contribution in [2.45, 2.75) is 63.1 Å². The quantitative estimate of drug-likeness (QED) is 0.366. The van der Waals surface area contributed by atoms with E-state index >= 15 is 0 Å². The Balaban J connectivity index is 1.70. The van der Waals surface area contributed by atoms with Crippen molar-refractivity contribution in [2.24, 2.45) is 0 Å². The lowest BCUT2D eigenvalue weighted by Gasteiger charge is -2.33. The van der Waals surface area contributed by atoms with E-state index in [2.05, 4.69) is 5.32 Å². The van der Waals surface area contributed by atoms with Gasteiger partial charge in [-0.05, 0) is 62.1 Å². The van der Waals surface area contributed by atoms with Crippen molar-refractivity contribution >= 4 is 27.5 Å². The number of anilines is 1. The predicted molar refractivity (Wildman–Crippen MR) is 156 cm³/mol. The number of ether oxygens (including phenoxy) is 1. The summed E-state index contributed by atoms with van der Waals surface area (Å²) >= 11 is 0. The van der Waals surface area contributed by atoms with E-state index in [1.165, 1.54) is 24.1 Å². The van der Waals surface area contributed by atoms with Gasteiger partial charge in [0.05, 0.1) is 17.7 Å². The van der Waals surface area contributed by atoms with Crippen molar-refractivity contribution in [1.29, 1.82) is 0 Å². The molecule has 1 unspecified atom stereocenters. The number of hydrogen-bond donors (Lipinski definition) is 1. The van der Waals surface area contributed by atoms with Gasteiger partial charge in [-0.1, -0.05) is 61.4 Å². The van der Waals surface area contributed by atoms with E-state index in [0.717, 1.165) is 41.1 Å². The summed E-state index contributed by atoms with van der Waals surface area (Å²) in [6.07, 6.45) is 3.97. The van der Waals surface area contributed by atoms with E-state index in [4.69, 9.17) is 4.74 Å². The van der Waals surface area contributed by atoms with Crippen LogP contribution in [0.25, 0.3) is 0 Å². The lowest BCUT2D eigenvalue weighted by molar-refractivity contribution is -0.139. The van der Waals surface area contributed by atoms with Crippen LogP contribution in [-0.4, -0.2) is 50.9 Å². The first kappa shape index (κ1) is 29.1. The van der Waals surface area contributed by atoms with Gasteiger partial charge in [-0.2, -0.15) is 0 Å². The lowest BCUT2D eigenvalue weighted by Crippen LogP contribution is -2.52. The molecule has 0 saturated heterocycles. The summed E-state index contributed by atoms with van der Waals surface area (Å²) in [6.45, 7) is 3.32. The molecular formula is C31H37N3O5S. The van der Waals surface area contributed by atoms with E-state index in [1.807, 2.05) is 31.2 Å². The number of benzene rings is 3. The number of amides is 2. The topological polar surface area (TPSA) is 96.0 Å². The van der Waals surface area contributed by atoms with Crippen molar-refractivity contribution in [2.75, 3.05) is 18.0 Å². The molecule has 8 nitrogen and oxygen atoms in total. The highest BCUT2D eigenvalue weighted by Crippen LogP contribution is 2.28. The van der Waals surface area contributed by atoms with Gasteiger partial charge in [0.1, 0.15) is 18.3 Å². The highest BCUT2D eigenvalue weighted by atomic mass is 32.2. The van der Waals surface area contributed by atoms with Gasteiger partial charge in [0, 0.05) is 18.7 Å². The van der Waals surface area contributed by atoms with E-state index in [9.17, 15) is 18.0 Å². The number of nitrogens with zero attached hydrogens (tertiary/aromatic N) is 2. The molecule has 0 aliphatic heterocycles. The third-order valence-corrected chi connectivity index (χ3v) is 9.21. The fraction of sp³-hybridized carbons (Fsp3) is 0.355. The molecule has 0 radical (unpaired) electrons. The average molecular weight is 564 g/mol. The fourth-order valence-electron chi connectivity index (χ4n) is 4.96. The number of sulfonamides is 1. The van der Waals surface area contributed by atoms with Crippen LogP contribution in [-0.2, 0) is 26.2 Å². The van der Waals surface area contributed by atoms with Crippen LogP contribution in [0.15, 0.2) is 83.8 Å². The van der Waals surface area contributed by atoms with Crippen LogP contribution in [0.4, 0.5) is 5.69 Å². The van der Waals surface area contributed by atoms with Crippen LogP contribution in [0.5, 0.6) is 5.75 Å². The molecule has 0 bridgehead atoms. The molecule has 0 spiro atoms. The van der Waals surface area contributed by atoms with Crippen molar-refractivity contribution in [3.63, 3.8) is 0 Å². The number of nitrogens with one attached hydrogen (secondary N) is 1. The summed E-state index contributed by atoms with van der Waals surface area (Å²) < 4.78 is 34.2. The van der Waals surface area contributed by atoms with Crippen LogP contribution < -0.4 is 14.4 Å². The zero-order valence-electron chi connectivity index (χ0n) is 23.2. The smallest absolute Gasteiger partial charge is 0.264 e. The number of rotatable bonds is 11. The maximum absolute atomic E-state index is 14.1. The maximum Gasteiger partial charge on any atom is 0.264 e. The van der Waals surface area contributed by atoms with Crippen molar-refractivity contribution < 1.29 is 22.7 Å². The van der Waals surface area contributed by atoms with Crippen LogP contribution in [0.2, 0.25) is 0 Å². The average Bonchev–Trinajstić information content (AvgIpc) is 3.48. The summed E-state index contributed by atoms with van der Waals surface area (Å²) in [5.74, 6) is -0.272. The number of aryl methyl sites for hydroxylation is 1. The van der Waals surface area contributed by atoms with Crippen LogP contribution in [0.1, 0.15) is 43.7 Å². The summed E-state index contributed by atoms with van der Waals surface area (Å²) in [4.78, 5) is 28.9. The van der Waals surface area contributed by atoms with Gasteiger partial charge in [-0.3, -0.25) is 13.9 Å². The largest absolute Gasteiger partial charge is 0.497 e. The van der Waals surface area contributed by atoms with Crippen LogP contribution in [0, 0.1) is 6.92 Å². The summed E-state index contributed by atoms with van der Waals surface area (Å²) in [5, 5.41) is 3.09. The SMILES string of the molecule is COc1cccc(N(CC(=O)N(Cc2ccccc2C)C(C)C(=O)NC2CCCC2)S(=O)(=O)c2ccccc2)c1. The normalized spacial score (nSPS) is 14.4. The molecule has 3 aromatic carbocycles. The molecule has 40 heavy (non-hydrogen) atoms. The Kier molecular flexibility index (Phi) is 9.47. The number of methoxy groups -OCH3 is 1. The van der Waals surface area contributed by atoms with Gasteiger partial charge in [0.15, 0.2) is 0 Å². The summed E-state index contributed by atoms with van der Waals surface area (Å²) in [7, 11) is -2.63. The van der Waals surface area contributed by atoms with Gasteiger partial charge in [0.2, 0.25) is 11.8 Å². The third-order valence-electron chi connectivity index (χ3n) is 7.42. The summed E-state index contributed by atoms with van der Waals surface area (Å²) in [5.41, 5.74) is 2.15.